The fourth-order valence-corrected chi connectivity index (χ4v) is 2.54. The molecule has 1 aromatic carbocycles. The molecule has 2 N–H and O–H groups in total. The van der Waals surface area contributed by atoms with E-state index in [4.69, 9.17) is 9.47 Å². The smallest absolute Gasteiger partial charge is 0.124 e. The van der Waals surface area contributed by atoms with Gasteiger partial charge in [-0.05, 0) is 37.0 Å². The number of halogens is 1. The Kier molecular flexibility index (Phi) is 6.61. The average Bonchev–Trinajstić information content (AvgIpc) is 2.66. The van der Waals surface area contributed by atoms with Gasteiger partial charge < -0.3 is 19.9 Å². The van der Waals surface area contributed by atoms with Crippen LogP contribution in [-0.4, -0.2) is 37.6 Å². The topological polar surface area (TPSA) is 50.7 Å². The van der Waals surface area contributed by atoms with E-state index < -0.39 is 6.10 Å². The first kappa shape index (κ1) is 17.2. The molecular formula is C17H26FNO3. The Morgan fingerprint density at radius 3 is 3.00 bits per heavy atom. The molecule has 0 amide bonds. The number of benzene rings is 1. The third-order valence-corrected chi connectivity index (χ3v) is 3.60. The lowest BCUT2D eigenvalue weighted by atomic mass is 10.0. The van der Waals surface area contributed by atoms with Gasteiger partial charge in [-0.2, -0.15) is 0 Å². The van der Waals surface area contributed by atoms with Gasteiger partial charge in [0.1, 0.15) is 11.6 Å². The molecule has 1 heterocycles. The second-order valence-corrected chi connectivity index (χ2v) is 6.22. The van der Waals surface area contributed by atoms with E-state index in [0.29, 0.717) is 32.3 Å². The minimum atomic E-state index is -0.570. The highest BCUT2D eigenvalue weighted by atomic mass is 19.1. The van der Waals surface area contributed by atoms with E-state index in [1.807, 2.05) is 0 Å². The van der Waals surface area contributed by atoms with E-state index in [9.17, 15) is 9.50 Å². The molecule has 5 heteroatoms. The standard InChI is InChI=1S/C17H26FNO3/c1-12(2)10-21-11-14(20)9-19-16-4-3-7-22-17-6-5-13(18)8-15(16)17/h5-6,8,12,14,16,19-20H,3-4,7,9-11H2,1-2H3. The number of aliphatic hydroxyl groups excluding tert-OH is 1. The fourth-order valence-electron chi connectivity index (χ4n) is 2.54. The van der Waals surface area contributed by atoms with Crippen LogP contribution in [0.1, 0.15) is 38.3 Å². The molecule has 22 heavy (non-hydrogen) atoms. The summed E-state index contributed by atoms with van der Waals surface area (Å²) < 4.78 is 24.6. The highest BCUT2D eigenvalue weighted by molar-refractivity contribution is 5.37. The number of nitrogens with one attached hydrogen (secondary N) is 1. The summed E-state index contributed by atoms with van der Waals surface area (Å²) in [6.07, 6.45) is 1.18. The van der Waals surface area contributed by atoms with E-state index >= 15 is 0 Å². The van der Waals surface area contributed by atoms with Crippen molar-refractivity contribution in [3.05, 3.63) is 29.6 Å². The third-order valence-electron chi connectivity index (χ3n) is 3.60. The van der Waals surface area contributed by atoms with Crippen molar-refractivity contribution in [1.29, 1.82) is 0 Å². The maximum absolute atomic E-state index is 13.5. The normalized spacial score (nSPS) is 19.4. The molecule has 0 aromatic heterocycles. The van der Waals surface area contributed by atoms with Crippen LogP contribution in [0.4, 0.5) is 4.39 Å². The van der Waals surface area contributed by atoms with Gasteiger partial charge in [0.05, 0.1) is 19.3 Å². The Morgan fingerprint density at radius 2 is 2.23 bits per heavy atom. The largest absolute Gasteiger partial charge is 0.493 e. The molecule has 124 valence electrons. The Labute approximate surface area is 131 Å². The maximum Gasteiger partial charge on any atom is 0.124 e. The summed E-state index contributed by atoms with van der Waals surface area (Å²) in [5.41, 5.74) is 0.827. The van der Waals surface area contributed by atoms with Crippen LogP contribution in [-0.2, 0) is 4.74 Å². The Morgan fingerprint density at radius 1 is 1.41 bits per heavy atom. The predicted molar refractivity (Wildman–Crippen MR) is 83.5 cm³/mol. The van der Waals surface area contributed by atoms with Crippen molar-refractivity contribution >= 4 is 0 Å². The summed E-state index contributed by atoms with van der Waals surface area (Å²) in [7, 11) is 0. The summed E-state index contributed by atoms with van der Waals surface area (Å²) in [5.74, 6) is 0.910. The lowest BCUT2D eigenvalue weighted by Gasteiger charge is -2.21. The van der Waals surface area contributed by atoms with Gasteiger partial charge in [-0.25, -0.2) is 4.39 Å². The van der Waals surface area contributed by atoms with Crippen LogP contribution in [0.25, 0.3) is 0 Å². The molecule has 4 nitrogen and oxygen atoms in total. The quantitative estimate of drug-likeness (QED) is 0.813. The van der Waals surface area contributed by atoms with Crippen molar-refractivity contribution in [2.24, 2.45) is 5.92 Å². The molecule has 0 fully saturated rings. The lowest BCUT2D eigenvalue weighted by molar-refractivity contribution is 0.0248. The molecule has 0 saturated heterocycles. The zero-order valence-electron chi connectivity index (χ0n) is 13.3. The molecule has 0 spiro atoms. The van der Waals surface area contributed by atoms with Gasteiger partial charge in [-0.3, -0.25) is 0 Å². The molecular weight excluding hydrogens is 285 g/mol. The molecule has 2 unspecified atom stereocenters. The van der Waals surface area contributed by atoms with Crippen molar-refractivity contribution in [3.8, 4) is 5.75 Å². The Balaban J connectivity index is 1.88. The molecule has 1 aliphatic rings. The van der Waals surface area contributed by atoms with Crippen molar-refractivity contribution < 1.29 is 19.0 Å². The summed E-state index contributed by atoms with van der Waals surface area (Å²) in [4.78, 5) is 0. The van der Waals surface area contributed by atoms with E-state index in [0.717, 1.165) is 24.2 Å². The van der Waals surface area contributed by atoms with Crippen LogP contribution in [0, 0.1) is 11.7 Å². The number of fused-ring (bicyclic) bond motifs is 1. The van der Waals surface area contributed by atoms with Crippen LogP contribution in [0.3, 0.4) is 0 Å². The fraction of sp³-hybridized carbons (Fsp3) is 0.647. The minimum absolute atomic E-state index is 0.00653. The van der Waals surface area contributed by atoms with Crippen molar-refractivity contribution in [1.82, 2.24) is 5.32 Å². The van der Waals surface area contributed by atoms with Crippen LogP contribution < -0.4 is 10.1 Å². The van der Waals surface area contributed by atoms with Crippen molar-refractivity contribution in [2.75, 3.05) is 26.4 Å². The lowest BCUT2D eigenvalue weighted by Crippen LogP contribution is -2.33. The third kappa shape index (κ3) is 5.23. The van der Waals surface area contributed by atoms with Crippen molar-refractivity contribution in [2.45, 2.75) is 38.8 Å². The second kappa shape index (κ2) is 8.46. The van der Waals surface area contributed by atoms with Gasteiger partial charge in [-0.1, -0.05) is 13.8 Å². The summed E-state index contributed by atoms with van der Waals surface area (Å²) in [6, 6.07) is 4.59. The first-order valence-electron chi connectivity index (χ1n) is 7.97. The summed E-state index contributed by atoms with van der Waals surface area (Å²) >= 11 is 0. The first-order valence-corrected chi connectivity index (χ1v) is 7.97. The number of rotatable bonds is 7. The van der Waals surface area contributed by atoms with Crippen molar-refractivity contribution in [3.63, 3.8) is 0 Å². The average molecular weight is 311 g/mol. The summed E-state index contributed by atoms with van der Waals surface area (Å²) in [6.45, 7) is 6.14. The van der Waals surface area contributed by atoms with Gasteiger partial charge in [0.25, 0.3) is 0 Å². The molecule has 0 bridgehead atoms. The van der Waals surface area contributed by atoms with Crippen LogP contribution in [0.5, 0.6) is 5.75 Å². The van der Waals surface area contributed by atoms with Gasteiger partial charge >= 0.3 is 0 Å². The Bertz CT molecular complexity index is 467. The minimum Gasteiger partial charge on any atom is -0.493 e. The number of aliphatic hydroxyl groups is 1. The molecule has 2 atom stereocenters. The summed E-state index contributed by atoms with van der Waals surface area (Å²) in [5, 5.41) is 13.3. The van der Waals surface area contributed by atoms with Gasteiger partial charge in [-0.15, -0.1) is 0 Å². The maximum atomic E-state index is 13.5. The van der Waals surface area contributed by atoms with E-state index in [1.165, 1.54) is 12.1 Å². The van der Waals surface area contributed by atoms with Gasteiger partial charge in [0.2, 0.25) is 0 Å². The molecule has 0 saturated carbocycles. The first-order chi connectivity index (χ1) is 10.6. The van der Waals surface area contributed by atoms with E-state index in [-0.39, 0.29) is 11.9 Å². The Hall–Kier alpha value is -1.17. The molecule has 1 aromatic rings. The van der Waals surface area contributed by atoms with E-state index in [1.54, 1.807) is 6.07 Å². The predicted octanol–water partition coefficient (Wildman–Crippen LogP) is 2.66. The van der Waals surface area contributed by atoms with Crippen LogP contribution >= 0.6 is 0 Å². The molecule has 0 radical (unpaired) electrons. The molecule has 0 aliphatic carbocycles. The number of ether oxygens (including phenoxy) is 2. The highest BCUT2D eigenvalue weighted by Crippen LogP contribution is 2.31. The SMILES string of the molecule is CC(C)COCC(O)CNC1CCCOc2ccc(F)cc21. The molecule has 1 aliphatic heterocycles. The molecule has 2 rings (SSSR count). The van der Waals surface area contributed by atoms with Crippen LogP contribution in [0.15, 0.2) is 18.2 Å². The number of hydrogen-bond acceptors (Lipinski definition) is 4. The zero-order valence-corrected chi connectivity index (χ0v) is 13.3. The monoisotopic (exact) mass is 311 g/mol. The second-order valence-electron chi connectivity index (χ2n) is 6.22. The number of hydrogen-bond donors (Lipinski definition) is 2. The van der Waals surface area contributed by atoms with Crippen LogP contribution in [0.2, 0.25) is 0 Å². The van der Waals surface area contributed by atoms with Gasteiger partial charge in [0, 0.05) is 24.8 Å². The highest BCUT2D eigenvalue weighted by Gasteiger charge is 2.21. The zero-order chi connectivity index (χ0) is 15.9. The van der Waals surface area contributed by atoms with E-state index in [2.05, 4.69) is 19.2 Å². The van der Waals surface area contributed by atoms with Gasteiger partial charge in [0.15, 0.2) is 0 Å².